The Morgan fingerprint density at radius 2 is 1.11 bits per heavy atom. The molecule has 0 unspecified atom stereocenters. The van der Waals surface area contributed by atoms with E-state index in [1.807, 2.05) is 101 Å². The van der Waals surface area contributed by atoms with Gasteiger partial charge in [-0.2, -0.15) is 16.8 Å². The number of imidazole rings is 2. The third-order valence-corrected chi connectivity index (χ3v) is 8.47. The number of halogens is 3. The molecular formula is C31H39Br3N4O6S2. The maximum absolute atomic E-state index is 11.3. The summed E-state index contributed by atoms with van der Waals surface area (Å²) in [5, 5.41) is 0. The Kier molecular flexibility index (Phi) is 16.0. The van der Waals surface area contributed by atoms with Crippen molar-refractivity contribution in [1.82, 2.24) is 19.1 Å². The lowest BCUT2D eigenvalue weighted by Crippen LogP contribution is -2.09. The van der Waals surface area contributed by atoms with E-state index in [0.29, 0.717) is 13.1 Å². The summed E-state index contributed by atoms with van der Waals surface area (Å²) >= 11 is 8.81. The average molecular weight is 868 g/mol. The maximum Gasteiger partial charge on any atom is 0.264 e. The number of aryl methyl sites for hydroxylation is 4. The van der Waals surface area contributed by atoms with E-state index >= 15 is 0 Å². The van der Waals surface area contributed by atoms with Crippen LogP contribution < -0.4 is 0 Å². The lowest BCUT2D eigenvalue weighted by Gasteiger charge is -2.10. The Labute approximate surface area is 296 Å². The first kappa shape index (κ1) is 40.0. The summed E-state index contributed by atoms with van der Waals surface area (Å²) < 4.78 is 67.0. The fourth-order valence-corrected chi connectivity index (χ4v) is 6.05. The number of benzene rings is 3. The molecule has 46 heavy (non-hydrogen) atoms. The molecule has 0 saturated carbocycles. The van der Waals surface area contributed by atoms with Gasteiger partial charge in [0, 0.05) is 18.7 Å². The van der Waals surface area contributed by atoms with Crippen LogP contribution in [0, 0.1) is 13.8 Å². The molecule has 0 bridgehead atoms. The van der Waals surface area contributed by atoms with E-state index in [1.165, 1.54) is 0 Å². The Balaban J connectivity index is 0.00000116. The summed E-state index contributed by atoms with van der Waals surface area (Å²) in [6, 6.07) is 19.8. The Morgan fingerprint density at radius 3 is 1.61 bits per heavy atom. The van der Waals surface area contributed by atoms with Crippen molar-refractivity contribution < 1.29 is 25.9 Å². The van der Waals surface area contributed by atoms with Crippen LogP contribution in [0.5, 0.6) is 0 Å². The highest BCUT2D eigenvalue weighted by atomic mass is 79.9. The van der Waals surface area contributed by atoms with Gasteiger partial charge in [0.05, 0.1) is 33.6 Å². The predicted octanol–water partition coefficient (Wildman–Crippen LogP) is 7.93. The fraction of sp³-hybridized carbons (Fsp3) is 0.355. The van der Waals surface area contributed by atoms with Crippen molar-refractivity contribution in [3.63, 3.8) is 0 Å². The molecule has 0 aliphatic carbocycles. The van der Waals surface area contributed by atoms with Crippen molar-refractivity contribution in [2.45, 2.75) is 39.8 Å². The standard InChI is InChI=1S/C28H30N4O6S2.3CH3Br/c1-19-6-3-7-23(16-19)28-30-25-18-22(9-11-27(25)32(28)13-5-15-40(36,37)38)21-8-10-26-24(17-21)29-20(2)31(26)12-4-14-39(33,34)35;3*1-2/h3,6-11,16-18H,4-5,12-15H2,1-2H3,(H,33,34,35)(H,36,37,38);3*1H3. The highest BCUT2D eigenvalue weighted by molar-refractivity contribution is 9.09. The summed E-state index contributed by atoms with van der Waals surface area (Å²) in [6.45, 7) is 4.66. The van der Waals surface area contributed by atoms with Crippen LogP contribution in [0.25, 0.3) is 44.6 Å². The van der Waals surface area contributed by atoms with Gasteiger partial charge in [-0.15, -0.1) is 0 Å². The number of fused-ring (bicyclic) bond motifs is 2. The summed E-state index contributed by atoms with van der Waals surface area (Å²) in [7, 11) is -8.09. The molecule has 0 spiro atoms. The fourth-order valence-electron chi connectivity index (χ4n) is 5.06. The molecule has 15 heteroatoms. The molecule has 0 amide bonds. The number of aromatic nitrogens is 4. The van der Waals surface area contributed by atoms with E-state index < -0.39 is 20.2 Å². The molecule has 10 nitrogen and oxygen atoms in total. The molecule has 3 aromatic carbocycles. The number of alkyl halides is 3. The largest absolute Gasteiger partial charge is 0.328 e. The normalized spacial score (nSPS) is 11.3. The van der Waals surface area contributed by atoms with Crippen LogP contribution >= 0.6 is 47.8 Å². The molecule has 0 radical (unpaired) electrons. The van der Waals surface area contributed by atoms with E-state index in [0.717, 1.165) is 56.0 Å². The van der Waals surface area contributed by atoms with Crippen LogP contribution in [-0.2, 0) is 33.3 Å². The SMILES string of the molecule is CBr.CBr.CBr.Cc1cccc(-c2nc3cc(-c4ccc5c(c4)nc(C)n5CCCS(=O)(=O)O)ccc3n2CCCS(=O)(=O)O)c1. The Hall–Kier alpha value is -2.14. The lowest BCUT2D eigenvalue weighted by molar-refractivity contribution is 0.476. The van der Waals surface area contributed by atoms with Crippen LogP contribution in [0.1, 0.15) is 24.2 Å². The van der Waals surface area contributed by atoms with Gasteiger partial charge in [0.1, 0.15) is 11.6 Å². The minimum atomic E-state index is -4.07. The maximum atomic E-state index is 11.3. The van der Waals surface area contributed by atoms with Crippen LogP contribution in [0.2, 0.25) is 0 Å². The van der Waals surface area contributed by atoms with Gasteiger partial charge in [-0.3, -0.25) is 9.11 Å². The van der Waals surface area contributed by atoms with Crippen LogP contribution in [0.15, 0.2) is 60.7 Å². The van der Waals surface area contributed by atoms with Crippen molar-refractivity contribution in [3.8, 4) is 22.5 Å². The Bertz CT molecular complexity index is 1960. The van der Waals surface area contributed by atoms with Crippen LogP contribution in [0.3, 0.4) is 0 Å². The molecule has 0 aliphatic heterocycles. The molecular weight excluding hydrogens is 828 g/mol. The molecule has 0 atom stereocenters. The van der Waals surface area contributed by atoms with E-state index in [9.17, 15) is 21.4 Å². The van der Waals surface area contributed by atoms with E-state index in [4.69, 9.17) is 9.54 Å². The third-order valence-electron chi connectivity index (χ3n) is 6.86. The van der Waals surface area contributed by atoms with Crippen molar-refractivity contribution in [3.05, 3.63) is 72.1 Å². The molecule has 5 rings (SSSR count). The highest BCUT2D eigenvalue weighted by Gasteiger charge is 2.16. The van der Waals surface area contributed by atoms with Gasteiger partial charge in [0.2, 0.25) is 0 Å². The summed E-state index contributed by atoms with van der Waals surface area (Å²) in [5.74, 6) is 6.27. The van der Waals surface area contributed by atoms with Gasteiger partial charge in [0.25, 0.3) is 20.2 Å². The smallest absolute Gasteiger partial charge is 0.264 e. The monoisotopic (exact) mass is 864 g/mol. The molecule has 5 aromatic rings. The van der Waals surface area contributed by atoms with Crippen molar-refractivity contribution in [1.29, 1.82) is 0 Å². The summed E-state index contributed by atoms with van der Waals surface area (Å²) in [5.41, 5.74) is 7.14. The molecule has 0 fully saturated rings. The molecule has 252 valence electrons. The molecule has 2 aromatic heterocycles. The summed E-state index contributed by atoms with van der Waals surface area (Å²) in [6.07, 6.45) is 0.521. The molecule has 2 heterocycles. The first-order chi connectivity index (χ1) is 21.9. The van der Waals surface area contributed by atoms with Gasteiger partial charge >= 0.3 is 0 Å². The highest BCUT2D eigenvalue weighted by Crippen LogP contribution is 2.31. The number of hydrogen-bond acceptors (Lipinski definition) is 6. The molecule has 0 aliphatic rings. The van der Waals surface area contributed by atoms with Crippen molar-refractivity contribution >= 4 is 90.1 Å². The lowest BCUT2D eigenvalue weighted by atomic mass is 10.0. The number of hydrogen-bond donors (Lipinski definition) is 2. The molecule has 0 saturated heterocycles. The van der Waals surface area contributed by atoms with Crippen molar-refractivity contribution in [2.75, 3.05) is 29.0 Å². The van der Waals surface area contributed by atoms with E-state index in [1.54, 1.807) is 0 Å². The Morgan fingerprint density at radius 1 is 0.630 bits per heavy atom. The van der Waals surface area contributed by atoms with E-state index in [2.05, 4.69) is 52.8 Å². The van der Waals surface area contributed by atoms with Gasteiger partial charge < -0.3 is 9.13 Å². The summed E-state index contributed by atoms with van der Waals surface area (Å²) in [4.78, 5) is 9.58. The van der Waals surface area contributed by atoms with Gasteiger partial charge in [-0.25, -0.2) is 9.97 Å². The predicted molar refractivity (Wildman–Crippen MR) is 200 cm³/mol. The van der Waals surface area contributed by atoms with E-state index in [-0.39, 0.29) is 24.3 Å². The zero-order chi connectivity index (χ0) is 34.7. The number of rotatable bonds is 10. The minimum Gasteiger partial charge on any atom is -0.328 e. The van der Waals surface area contributed by atoms with Crippen LogP contribution in [-0.4, -0.2) is 74.0 Å². The quantitative estimate of drug-likeness (QED) is 0.106. The van der Waals surface area contributed by atoms with Gasteiger partial charge in [-0.05, 0) is 85.6 Å². The van der Waals surface area contributed by atoms with Crippen LogP contribution in [0.4, 0.5) is 0 Å². The zero-order valence-electron chi connectivity index (χ0n) is 26.3. The zero-order valence-corrected chi connectivity index (χ0v) is 32.7. The van der Waals surface area contributed by atoms with Gasteiger partial charge in [-0.1, -0.05) is 83.7 Å². The second-order valence-electron chi connectivity index (χ2n) is 9.95. The first-order valence-electron chi connectivity index (χ1n) is 14.0. The topological polar surface area (TPSA) is 144 Å². The third kappa shape index (κ3) is 11.0. The number of nitrogens with zero attached hydrogens (tertiary/aromatic N) is 4. The first-order valence-corrected chi connectivity index (χ1v) is 21.9. The molecule has 2 N–H and O–H groups in total. The van der Waals surface area contributed by atoms with Gasteiger partial charge in [0.15, 0.2) is 0 Å². The average Bonchev–Trinajstić information content (AvgIpc) is 3.54. The second kappa shape index (κ2) is 18.4. The van der Waals surface area contributed by atoms with Crippen molar-refractivity contribution in [2.24, 2.45) is 0 Å². The second-order valence-corrected chi connectivity index (χ2v) is 13.1. The minimum absolute atomic E-state index is 0.244.